The van der Waals surface area contributed by atoms with Crippen molar-refractivity contribution in [1.82, 2.24) is 0 Å². The predicted molar refractivity (Wildman–Crippen MR) is 97.1 cm³/mol. The Bertz CT molecular complexity index is 753. The van der Waals surface area contributed by atoms with Gasteiger partial charge in [0, 0.05) is 11.1 Å². The fourth-order valence-electron chi connectivity index (χ4n) is 3.05. The van der Waals surface area contributed by atoms with Crippen molar-refractivity contribution in [3.8, 4) is 11.5 Å². The van der Waals surface area contributed by atoms with Gasteiger partial charge in [0.2, 0.25) is 0 Å². The molecule has 0 fully saturated rings. The van der Waals surface area contributed by atoms with Crippen LogP contribution in [0.4, 0.5) is 0 Å². The molecule has 0 aromatic heterocycles. The van der Waals surface area contributed by atoms with Crippen LogP contribution in [0.15, 0.2) is 60.4 Å². The lowest BCUT2D eigenvalue weighted by atomic mass is 9.89. The van der Waals surface area contributed by atoms with Gasteiger partial charge in [-0.2, -0.15) is 0 Å². The number of hydrogen-bond donors (Lipinski definition) is 0. The Morgan fingerprint density at radius 1 is 0.667 bits per heavy atom. The van der Waals surface area contributed by atoms with E-state index < -0.39 is 0 Å². The number of ether oxygens (including phenoxy) is 3. The van der Waals surface area contributed by atoms with Crippen molar-refractivity contribution in [2.75, 3.05) is 21.3 Å². The Hall–Kier alpha value is -2.68. The molecular weight excluding hydrogens is 300 g/mol. The molecule has 2 aromatic rings. The second-order valence-electron chi connectivity index (χ2n) is 5.63. The average molecular weight is 322 g/mol. The van der Waals surface area contributed by atoms with Crippen LogP contribution < -0.4 is 9.47 Å². The minimum Gasteiger partial charge on any atom is -0.497 e. The van der Waals surface area contributed by atoms with Crippen LogP contribution in [-0.2, 0) is 4.74 Å². The van der Waals surface area contributed by atoms with Gasteiger partial charge in [0.05, 0.1) is 21.3 Å². The molecule has 0 aliphatic heterocycles. The van der Waals surface area contributed by atoms with Gasteiger partial charge in [-0.1, -0.05) is 30.3 Å². The Kier molecular flexibility index (Phi) is 4.90. The van der Waals surface area contributed by atoms with Crippen LogP contribution >= 0.6 is 0 Å². The van der Waals surface area contributed by atoms with Crippen LogP contribution in [0.25, 0.3) is 11.1 Å². The first-order valence-corrected chi connectivity index (χ1v) is 8.03. The molecule has 1 aliphatic rings. The summed E-state index contributed by atoms with van der Waals surface area (Å²) in [6.07, 6.45) is 4.21. The van der Waals surface area contributed by atoms with E-state index in [1.54, 1.807) is 21.3 Å². The number of hydrogen-bond acceptors (Lipinski definition) is 3. The van der Waals surface area contributed by atoms with Crippen LogP contribution in [0, 0.1) is 0 Å². The topological polar surface area (TPSA) is 27.7 Å². The fraction of sp³-hybridized carbons (Fsp3) is 0.238. The first-order chi connectivity index (χ1) is 11.8. The summed E-state index contributed by atoms with van der Waals surface area (Å²) in [5.74, 6) is 2.66. The smallest absolute Gasteiger partial charge is 0.130 e. The normalized spacial score (nSPS) is 14.2. The van der Waals surface area contributed by atoms with Gasteiger partial charge in [0.25, 0.3) is 0 Å². The average Bonchev–Trinajstić information content (AvgIpc) is 2.67. The van der Waals surface area contributed by atoms with Crippen molar-refractivity contribution in [2.45, 2.75) is 12.8 Å². The zero-order valence-electron chi connectivity index (χ0n) is 14.3. The fourth-order valence-corrected chi connectivity index (χ4v) is 3.05. The molecule has 24 heavy (non-hydrogen) atoms. The van der Waals surface area contributed by atoms with Crippen molar-refractivity contribution in [3.05, 3.63) is 71.5 Å². The Labute approximate surface area is 143 Å². The lowest BCUT2D eigenvalue weighted by Crippen LogP contribution is -2.03. The Balaban J connectivity index is 2.00. The predicted octanol–water partition coefficient (Wildman–Crippen LogP) is 4.94. The molecule has 124 valence electrons. The van der Waals surface area contributed by atoms with Gasteiger partial charge < -0.3 is 14.2 Å². The van der Waals surface area contributed by atoms with Crippen LogP contribution in [0.3, 0.4) is 0 Å². The summed E-state index contributed by atoms with van der Waals surface area (Å²) in [4.78, 5) is 0. The third kappa shape index (κ3) is 3.16. The van der Waals surface area contributed by atoms with Gasteiger partial charge in [-0.05, 0) is 48.2 Å². The summed E-state index contributed by atoms with van der Waals surface area (Å²) < 4.78 is 16.3. The molecule has 1 aliphatic carbocycles. The van der Waals surface area contributed by atoms with E-state index >= 15 is 0 Å². The quantitative estimate of drug-likeness (QED) is 0.780. The summed E-state index contributed by atoms with van der Waals surface area (Å²) in [6.45, 7) is 0. The lowest BCUT2D eigenvalue weighted by Gasteiger charge is -2.22. The molecule has 0 N–H and O–H groups in total. The highest BCUT2D eigenvalue weighted by Crippen LogP contribution is 2.38. The van der Waals surface area contributed by atoms with Crippen molar-refractivity contribution >= 4 is 11.1 Å². The number of methoxy groups -OCH3 is 3. The molecule has 0 atom stereocenters. The standard InChI is InChI=1S/C21H22O3/c1-22-17-11-7-15(8-12-17)19-5-4-6-20(21(19)24-3)16-9-13-18(23-2)14-10-16/h5,7-14H,4,6H2,1-3H3. The monoisotopic (exact) mass is 322 g/mol. The minimum atomic E-state index is 0.855. The summed E-state index contributed by atoms with van der Waals surface area (Å²) in [5.41, 5.74) is 4.68. The van der Waals surface area contributed by atoms with Gasteiger partial charge >= 0.3 is 0 Å². The Morgan fingerprint density at radius 3 is 1.71 bits per heavy atom. The van der Waals surface area contributed by atoms with Crippen molar-refractivity contribution < 1.29 is 14.2 Å². The highest BCUT2D eigenvalue weighted by molar-refractivity contribution is 5.89. The van der Waals surface area contributed by atoms with Crippen LogP contribution in [0.5, 0.6) is 11.5 Å². The molecular formula is C21H22O3. The summed E-state index contributed by atoms with van der Waals surface area (Å²) >= 11 is 0. The van der Waals surface area contributed by atoms with E-state index in [2.05, 4.69) is 30.3 Å². The molecule has 2 aromatic carbocycles. The molecule has 0 spiro atoms. The molecule has 3 rings (SSSR count). The molecule has 0 radical (unpaired) electrons. The number of benzene rings is 2. The van der Waals surface area contributed by atoms with Gasteiger partial charge in [0.15, 0.2) is 0 Å². The molecule has 0 heterocycles. The SMILES string of the molecule is COC1=C(c2ccc(OC)cc2)CCC=C1c1ccc(OC)cc1. The first-order valence-electron chi connectivity index (χ1n) is 8.03. The number of allylic oxidation sites excluding steroid dienone is 3. The molecule has 0 unspecified atom stereocenters. The van der Waals surface area contributed by atoms with Crippen molar-refractivity contribution in [3.63, 3.8) is 0 Å². The number of rotatable bonds is 5. The molecule has 3 nitrogen and oxygen atoms in total. The second kappa shape index (κ2) is 7.26. The van der Waals surface area contributed by atoms with Gasteiger partial charge in [-0.25, -0.2) is 0 Å². The molecule has 0 saturated heterocycles. The Morgan fingerprint density at radius 2 is 1.21 bits per heavy atom. The van der Waals surface area contributed by atoms with E-state index in [1.807, 2.05) is 24.3 Å². The van der Waals surface area contributed by atoms with Gasteiger partial charge in [0.1, 0.15) is 17.3 Å². The molecule has 0 saturated carbocycles. The van der Waals surface area contributed by atoms with E-state index in [1.165, 1.54) is 11.1 Å². The summed E-state index contributed by atoms with van der Waals surface area (Å²) in [5, 5.41) is 0. The highest BCUT2D eigenvalue weighted by atomic mass is 16.5. The third-order valence-corrected chi connectivity index (χ3v) is 4.31. The lowest BCUT2D eigenvalue weighted by molar-refractivity contribution is 0.311. The maximum Gasteiger partial charge on any atom is 0.130 e. The van der Waals surface area contributed by atoms with Crippen LogP contribution in [0.2, 0.25) is 0 Å². The van der Waals surface area contributed by atoms with E-state index in [0.29, 0.717) is 0 Å². The van der Waals surface area contributed by atoms with Crippen LogP contribution in [-0.4, -0.2) is 21.3 Å². The maximum absolute atomic E-state index is 5.79. The van der Waals surface area contributed by atoms with Crippen molar-refractivity contribution in [2.24, 2.45) is 0 Å². The summed E-state index contributed by atoms with van der Waals surface area (Å²) in [6, 6.07) is 16.2. The zero-order valence-corrected chi connectivity index (χ0v) is 14.3. The zero-order chi connectivity index (χ0) is 16.9. The largest absolute Gasteiger partial charge is 0.497 e. The minimum absolute atomic E-state index is 0.855. The van der Waals surface area contributed by atoms with E-state index in [4.69, 9.17) is 14.2 Å². The first kappa shape index (κ1) is 16.2. The van der Waals surface area contributed by atoms with E-state index in [0.717, 1.165) is 41.2 Å². The molecule has 0 amide bonds. The third-order valence-electron chi connectivity index (χ3n) is 4.31. The summed E-state index contributed by atoms with van der Waals surface area (Å²) in [7, 11) is 5.10. The maximum atomic E-state index is 5.79. The molecule has 3 heteroatoms. The van der Waals surface area contributed by atoms with E-state index in [-0.39, 0.29) is 0 Å². The second-order valence-corrected chi connectivity index (χ2v) is 5.63. The molecule has 0 bridgehead atoms. The van der Waals surface area contributed by atoms with Crippen molar-refractivity contribution in [1.29, 1.82) is 0 Å². The highest BCUT2D eigenvalue weighted by Gasteiger charge is 2.19. The van der Waals surface area contributed by atoms with Gasteiger partial charge in [-0.3, -0.25) is 0 Å². The van der Waals surface area contributed by atoms with Gasteiger partial charge in [-0.15, -0.1) is 0 Å². The van der Waals surface area contributed by atoms with E-state index in [9.17, 15) is 0 Å². The van der Waals surface area contributed by atoms with Crippen LogP contribution in [0.1, 0.15) is 24.0 Å².